The van der Waals surface area contributed by atoms with Gasteiger partial charge in [-0.05, 0) is 20.5 Å². The van der Waals surface area contributed by atoms with E-state index in [0.717, 1.165) is 0 Å². The first-order valence-electron chi connectivity index (χ1n) is 6.69. The second-order valence-corrected chi connectivity index (χ2v) is 4.39. The summed E-state index contributed by atoms with van der Waals surface area (Å²) < 4.78 is 0. The maximum absolute atomic E-state index is 3.26. The van der Waals surface area contributed by atoms with Crippen LogP contribution in [0.5, 0.6) is 0 Å². The quantitative estimate of drug-likeness (QED) is 0.407. The summed E-state index contributed by atoms with van der Waals surface area (Å²) in [6.07, 6.45) is 13.0. The first-order valence-corrected chi connectivity index (χ1v) is 6.69. The molecule has 0 atom stereocenters. The van der Waals surface area contributed by atoms with Crippen LogP contribution in [0.1, 0.15) is 64.7 Å². The van der Waals surface area contributed by atoms with Gasteiger partial charge in [0.25, 0.3) is 0 Å². The number of rotatable bonds is 11. The van der Waals surface area contributed by atoms with Gasteiger partial charge in [0.1, 0.15) is 0 Å². The average Bonchev–Trinajstić information content (AvgIpc) is 2.27. The van der Waals surface area contributed by atoms with Gasteiger partial charge < -0.3 is 10.6 Å². The number of hydrogen-bond acceptors (Lipinski definition) is 2. The predicted molar refractivity (Wildman–Crippen MR) is 69.1 cm³/mol. The van der Waals surface area contributed by atoms with Gasteiger partial charge in [0.05, 0.1) is 6.17 Å². The summed E-state index contributed by atoms with van der Waals surface area (Å²) >= 11 is 0. The zero-order valence-corrected chi connectivity index (χ0v) is 10.9. The molecule has 0 rings (SSSR count). The van der Waals surface area contributed by atoms with Crippen molar-refractivity contribution in [3.05, 3.63) is 0 Å². The van der Waals surface area contributed by atoms with Crippen molar-refractivity contribution < 1.29 is 0 Å². The van der Waals surface area contributed by atoms with E-state index in [0.29, 0.717) is 6.17 Å². The van der Waals surface area contributed by atoms with Crippen LogP contribution in [0.2, 0.25) is 0 Å². The molecular formula is C13H30N2. The van der Waals surface area contributed by atoms with E-state index in [1.54, 1.807) is 0 Å². The molecule has 0 aliphatic rings. The molecule has 92 valence electrons. The Kier molecular flexibility index (Phi) is 11.9. The molecule has 0 aromatic carbocycles. The smallest absolute Gasteiger partial charge is 0.0566 e. The summed E-state index contributed by atoms with van der Waals surface area (Å²) in [5.74, 6) is 0. The molecule has 0 bridgehead atoms. The van der Waals surface area contributed by atoms with Crippen molar-refractivity contribution in [1.29, 1.82) is 0 Å². The molecule has 0 aromatic rings. The van der Waals surface area contributed by atoms with Crippen LogP contribution in [-0.2, 0) is 0 Å². The normalized spacial score (nSPS) is 11.2. The van der Waals surface area contributed by atoms with E-state index in [4.69, 9.17) is 0 Å². The third-order valence-corrected chi connectivity index (χ3v) is 3.04. The van der Waals surface area contributed by atoms with Crippen LogP contribution in [0.3, 0.4) is 0 Å². The highest BCUT2D eigenvalue weighted by Gasteiger charge is 2.00. The molecule has 0 unspecified atom stereocenters. The molecule has 2 nitrogen and oxygen atoms in total. The zero-order chi connectivity index (χ0) is 11.4. The van der Waals surface area contributed by atoms with Gasteiger partial charge in [0.15, 0.2) is 0 Å². The maximum Gasteiger partial charge on any atom is 0.0566 e. The Morgan fingerprint density at radius 1 is 0.733 bits per heavy atom. The summed E-state index contributed by atoms with van der Waals surface area (Å²) in [6, 6.07) is 0. The van der Waals surface area contributed by atoms with Crippen LogP contribution in [0, 0.1) is 0 Å². The summed E-state index contributed by atoms with van der Waals surface area (Å²) in [6.45, 7) is 2.27. The topological polar surface area (TPSA) is 24.1 Å². The van der Waals surface area contributed by atoms with E-state index in [-0.39, 0.29) is 0 Å². The highest BCUT2D eigenvalue weighted by atomic mass is 15.1. The molecule has 0 spiro atoms. The van der Waals surface area contributed by atoms with Crippen LogP contribution in [0.4, 0.5) is 0 Å². The Morgan fingerprint density at radius 3 is 1.67 bits per heavy atom. The number of unbranched alkanes of at least 4 members (excludes halogenated alkanes) is 7. The van der Waals surface area contributed by atoms with E-state index in [1.807, 2.05) is 14.1 Å². The van der Waals surface area contributed by atoms with Gasteiger partial charge in [0, 0.05) is 0 Å². The van der Waals surface area contributed by atoms with Gasteiger partial charge in [-0.2, -0.15) is 0 Å². The van der Waals surface area contributed by atoms with Crippen LogP contribution in [-0.4, -0.2) is 20.3 Å². The summed E-state index contributed by atoms with van der Waals surface area (Å²) in [4.78, 5) is 0. The van der Waals surface area contributed by atoms with Crippen LogP contribution in [0.15, 0.2) is 0 Å². The van der Waals surface area contributed by atoms with E-state index in [9.17, 15) is 0 Å². The molecular weight excluding hydrogens is 184 g/mol. The summed E-state index contributed by atoms with van der Waals surface area (Å²) in [5.41, 5.74) is 0. The average molecular weight is 214 g/mol. The first kappa shape index (κ1) is 14.9. The molecule has 0 radical (unpaired) electrons. The molecule has 0 aliphatic heterocycles. The third-order valence-electron chi connectivity index (χ3n) is 3.04. The maximum atomic E-state index is 3.26. The Labute approximate surface area is 96.2 Å². The molecule has 2 heteroatoms. The molecule has 2 N–H and O–H groups in total. The van der Waals surface area contributed by atoms with Crippen molar-refractivity contribution in [1.82, 2.24) is 10.6 Å². The van der Waals surface area contributed by atoms with Gasteiger partial charge in [-0.25, -0.2) is 0 Å². The van der Waals surface area contributed by atoms with Gasteiger partial charge in [-0.1, -0.05) is 58.3 Å². The SMILES string of the molecule is CCCCCCCCCCC(NC)NC. The Hall–Kier alpha value is -0.0800. The monoisotopic (exact) mass is 214 g/mol. The largest absolute Gasteiger partial charge is 0.305 e. The molecule has 0 amide bonds. The van der Waals surface area contributed by atoms with E-state index >= 15 is 0 Å². The van der Waals surface area contributed by atoms with Crippen LogP contribution >= 0.6 is 0 Å². The predicted octanol–water partition coefficient (Wildman–Crippen LogP) is 3.28. The Morgan fingerprint density at radius 2 is 1.20 bits per heavy atom. The standard InChI is InChI=1S/C13H30N2/c1-4-5-6-7-8-9-10-11-12-13(14-2)15-3/h13-15H,4-12H2,1-3H3. The van der Waals surface area contributed by atoms with Crippen molar-refractivity contribution in [3.8, 4) is 0 Å². The van der Waals surface area contributed by atoms with Crippen molar-refractivity contribution in [2.24, 2.45) is 0 Å². The highest BCUT2D eigenvalue weighted by Crippen LogP contribution is 2.09. The van der Waals surface area contributed by atoms with Crippen LogP contribution in [0.25, 0.3) is 0 Å². The number of hydrogen-bond donors (Lipinski definition) is 2. The second-order valence-electron chi connectivity index (χ2n) is 4.39. The van der Waals surface area contributed by atoms with E-state index in [1.165, 1.54) is 57.8 Å². The van der Waals surface area contributed by atoms with Gasteiger partial charge in [-0.15, -0.1) is 0 Å². The minimum Gasteiger partial charge on any atom is -0.305 e. The first-order chi connectivity index (χ1) is 7.35. The minimum atomic E-state index is 0.505. The molecule has 0 aromatic heterocycles. The molecule has 15 heavy (non-hydrogen) atoms. The van der Waals surface area contributed by atoms with Gasteiger partial charge in [-0.3, -0.25) is 0 Å². The zero-order valence-electron chi connectivity index (χ0n) is 10.9. The fraction of sp³-hybridized carbons (Fsp3) is 1.00. The molecule has 0 heterocycles. The summed E-state index contributed by atoms with van der Waals surface area (Å²) in [7, 11) is 4.04. The lowest BCUT2D eigenvalue weighted by Gasteiger charge is -2.14. The fourth-order valence-electron chi connectivity index (χ4n) is 1.92. The Bertz CT molecular complexity index is 111. The molecule has 0 aliphatic carbocycles. The third kappa shape index (κ3) is 10.2. The molecule has 0 saturated heterocycles. The van der Waals surface area contributed by atoms with Crippen molar-refractivity contribution in [2.45, 2.75) is 70.9 Å². The van der Waals surface area contributed by atoms with E-state index in [2.05, 4.69) is 17.6 Å². The minimum absolute atomic E-state index is 0.505. The van der Waals surface area contributed by atoms with Crippen molar-refractivity contribution in [3.63, 3.8) is 0 Å². The molecule has 0 saturated carbocycles. The van der Waals surface area contributed by atoms with Gasteiger partial charge >= 0.3 is 0 Å². The van der Waals surface area contributed by atoms with Crippen molar-refractivity contribution in [2.75, 3.05) is 14.1 Å². The lowest BCUT2D eigenvalue weighted by atomic mass is 10.1. The highest BCUT2D eigenvalue weighted by molar-refractivity contribution is 4.58. The van der Waals surface area contributed by atoms with Gasteiger partial charge in [0.2, 0.25) is 0 Å². The fourth-order valence-corrected chi connectivity index (χ4v) is 1.92. The lowest BCUT2D eigenvalue weighted by molar-refractivity contribution is 0.435. The van der Waals surface area contributed by atoms with E-state index < -0.39 is 0 Å². The molecule has 0 fully saturated rings. The van der Waals surface area contributed by atoms with Crippen LogP contribution < -0.4 is 10.6 Å². The van der Waals surface area contributed by atoms with Crippen molar-refractivity contribution >= 4 is 0 Å². The number of nitrogens with one attached hydrogen (secondary N) is 2. The summed E-state index contributed by atoms with van der Waals surface area (Å²) in [5, 5.41) is 6.52. The lowest BCUT2D eigenvalue weighted by Crippen LogP contribution is -2.37. The second kappa shape index (κ2) is 12.0. The Balaban J connectivity index is 3.04.